The number of piperidine rings is 2. The Morgan fingerprint density at radius 2 is 1.49 bits per heavy atom. The van der Waals surface area contributed by atoms with Crippen LogP contribution in [0, 0.1) is 11.8 Å². The van der Waals surface area contributed by atoms with Crippen LogP contribution in [0.25, 0.3) is 0 Å². The normalized spacial score (nSPS) is 25.9. The Morgan fingerprint density at radius 3 is 2.17 bits per heavy atom. The first-order valence-electron chi connectivity index (χ1n) is 13.1. The van der Waals surface area contributed by atoms with Crippen LogP contribution in [0.3, 0.4) is 0 Å². The van der Waals surface area contributed by atoms with Gasteiger partial charge in [0.05, 0.1) is 31.2 Å². The molecule has 35 heavy (non-hydrogen) atoms. The molecule has 192 valence electrons. The summed E-state index contributed by atoms with van der Waals surface area (Å²) in [5.41, 5.74) is 0. The Morgan fingerprint density at radius 1 is 0.829 bits per heavy atom. The van der Waals surface area contributed by atoms with Gasteiger partial charge >= 0.3 is 0 Å². The molecule has 3 fully saturated rings. The molecule has 0 radical (unpaired) electrons. The van der Waals surface area contributed by atoms with Crippen LogP contribution < -0.4 is 4.74 Å². The van der Waals surface area contributed by atoms with Gasteiger partial charge in [0.25, 0.3) is 0 Å². The van der Waals surface area contributed by atoms with E-state index in [1.54, 1.807) is 0 Å². The number of amides is 3. The van der Waals surface area contributed by atoms with Gasteiger partial charge in [-0.15, -0.1) is 0 Å². The third-order valence-corrected chi connectivity index (χ3v) is 7.34. The second-order valence-electron chi connectivity index (χ2n) is 10.2. The van der Waals surface area contributed by atoms with Crippen molar-refractivity contribution in [3.8, 4) is 5.75 Å². The Kier molecular flexibility index (Phi) is 8.65. The minimum Gasteiger partial charge on any atom is -0.493 e. The van der Waals surface area contributed by atoms with Crippen molar-refractivity contribution < 1.29 is 23.9 Å². The Hall–Kier alpha value is -2.61. The first kappa shape index (κ1) is 25.5. The van der Waals surface area contributed by atoms with Crippen LogP contribution in [0.4, 0.5) is 0 Å². The molecule has 3 amide bonds. The monoisotopic (exact) mass is 485 g/mol. The van der Waals surface area contributed by atoms with E-state index in [0.717, 1.165) is 18.6 Å². The number of morpholine rings is 1. The van der Waals surface area contributed by atoms with Gasteiger partial charge in [-0.1, -0.05) is 18.2 Å². The second-order valence-corrected chi connectivity index (χ2v) is 10.2. The number of nitrogens with zero attached hydrogens (tertiary/aromatic N) is 3. The molecule has 3 heterocycles. The molecule has 3 unspecified atom stereocenters. The summed E-state index contributed by atoms with van der Waals surface area (Å²) in [6.45, 7) is 8.03. The summed E-state index contributed by atoms with van der Waals surface area (Å²) in [5, 5.41) is 0. The van der Waals surface area contributed by atoms with E-state index < -0.39 is 0 Å². The molecular formula is C27H39N3O5. The van der Waals surface area contributed by atoms with Crippen LogP contribution >= 0.6 is 0 Å². The highest BCUT2D eigenvalue weighted by molar-refractivity contribution is 5.82. The molecule has 0 N–H and O–H groups in total. The highest BCUT2D eigenvalue weighted by atomic mass is 16.5. The molecule has 3 saturated heterocycles. The van der Waals surface area contributed by atoms with Crippen LogP contribution in [0.5, 0.6) is 5.75 Å². The average molecular weight is 486 g/mol. The van der Waals surface area contributed by atoms with E-state index in [2.05, 4.69) is 0 Å². The van der Waals surface area contributed by atoms with E-state index in [4.69, 9.17) is 9.47 Å². The summed E-state index contributed by atoms with van der Waals surface area (Å²) in [5.74, 6) is 0.943. The van der Waals surface area contributed by atoms with Crippen molar-refractivity contribution in [3.63, 3.8) is 0 Å². The molecule has 0 aromatic heterocycles. The highest BCUT2D eigenvalue weighted by Crippen LogP contribution is 2.26. The molecule has 0 aliphatic carbocycles. The number of benzene rings is 1. The summed E-state index contributed by atoms with van der Waals surface area (Å²) < 4.78 is 11.4. The van der Waals surface area contributed by atoms with Gasteiger partial charge in [0.1, 0.15) is 5.75 Å². The molecule has 4 rings (SSSR count). The topological polar surface area (TPSA) is 79.4 Å². The number of rotatable bonds is 6. The van der Waals surface area contributed by atoms with Gasteiger partial charge in [0.15, 0.2) is 0 Å². The zero-order chi connectivity index (χ0) is 24.8. The number of para-hydroxylation sites is 1. The van der Waals surface area contributed by atoms with Crippen molar-refractivity contribution in [1.29, 1.82) is 0 Å². The largest absolute Gasteiger partial charge is 0.493 e. The lowest BCUT2D eigenvalue weighted by molar-refractivity contribution is -0.151. The summed E-state index contributed by atoms with van der Waals surface area (Å²) in [6.07, 6.45) is 3.49. The van der Waals surface area contributed by atoms with E-state index in [9.17, 15) is 14.4 Å². The molecule has 8 nitrogen and oxygen atoms in total. The maximum atomic E-state index is 13.2. The van der Waals surface area contributed by atoms with E-state index in [1.807, 2.05) is 58.9 Å². The lowest BCUT2D eigenvalue weighted by Gasteiger charge is -2.40. The van der Waals surface area contributed by atoms with Crippen molar-refractivity contribution in [2.45, 2.75) is 58.2 Å². The molecular weight excluding hydrogens is 446 g/mol. The van der Waals surface area contributed by atoms with Crippen molar-refractivity contribution in [1.82, 2.24) is 14.7 Å². The smallest absolute Gasteiger partial charge is 0.227 e. The number of likely N-dealkylation sites (tertiary alicyclic amines) is 2. The molecule has 1 aromatic carbocycles. The van der Waals surface area contributed by atoms with Crippen LogP contribution in [0.2, 0.25) is 0 Å². The quantitative estimate of drug-likeness (QED) is 0.619. The van der Waals surface area contributed by atoms with Crippen molar-refractivity contribution in [3.05, 3.63) is 30.3 Å². The number of hydrogen-bond acceptors (Lipinski definition) is 5. The zero-order valence-corrected chi connectivity index (χ0v) is 21.1. The fourth-order valence-electron chi connectivity index (χ4n) is 5.56. The Balaban J connectivity index is 1.21. The van der Waals surface area contributed by atoms with Gasteiger partial charge < -0.3 is 24.2 Å². The standard InChI is InChI=1S/C27H39N3O5/c1-20-17-30(18-21(2)35-20)26(32)22-10-14-28(15-11-22)27(33)23-7-6-13-29(19-23)25(31)12-16-34-24-8-4-3-5-9-24/h3-5,8-9,20-23H,6-7,10-19H2,1-2H3. The summed E-state index contributed by atoms with van der Waals surface area (Å²) >= 11 is 0. The van der Waals surface area contributed by atoms with Crippen molar-refractivity contribution in [2.75, 3.05) is 45.9 Å². The van der Waals surface area contributed by atoms with Crippen LogP contribution in [-0.2, 0) is 19.1 Å². The first-order valence-corrected chi connectivity index (χ1v) is 13.1. The van der Waals surface area contributed by atoms with Gasteiger partial charge in [-0.2, -0.15) is 0 Å². The van der Waals surface area contributed by atoms with Gasteiger partial charge in [0.2, 0.25) is 17.7 Å². The Labute approximate surface area is 208 Å². The molecule has 0 bridgehead atoms. The van der Waals surface area contributed by atoms with E-state index >= 15 is 0 Å². The zero-order valence-electron chi connectivity index (χ0n) is 21.1. The predicted molar refractivity (Wildman–Crippen MR) is 132 cm³/mol. The minimum atomic E-state index is -0.157. The third-order valence-electron chi connectivity index (χ3n) is 7.34. The van der Waals surface area contributed by atoms with Gasteiger partial charge in [-0.25, -0.2) is 0 Å². The number of ether oxygens (including phenoxy) is 2. The minimum absolute atomic E-state index is 0.0226. The van der Waals surface area contributed by atoms with Crippen LogP contribution in [0.15, 0.2) is 30.3 Å². The SMILES string of the molecule is CC1CN(C(=O)C2CCN(C(=O)C3CCCN(C(=O)CCOc4ccccc4)C3)CC2)CC(C)O1. The van der Waals surface area contributed by atoms with Gasteiger partial charge in [-0.05, 0) is 51.7 Å². The predicted octanol–water partition coefficient (Wildman–Crippen LogP) is 2.57. The maximum absolute atomic E-state index is 13.2. The summed E-state index contributed by atoms with van der Waals surface area (Å²) in [7, 11) is 0. The number of carbonyl (C=O) groups is 3. The number of hydrogen-bond donors (Lipinski definition) is 0. The molecule has 0 saturated carbocycles. The van der Waals surface area contributed by atoms with Crippen LogP contribution in [-0.4, -0.2) is 90.5 Å². The number of carbonyl (C=O) groups excluding carboxylic acids is 3. The maximum Gasteiger partial charge on any atom is 0.227 e. The van der Waals surface area contributed by atoms with Crippen LogP contribution in [0.1, 0.15) is 46.0 Å². The first-order chi connectivity index (χ1) is 16.9. The van der Waals surface area contributed by atoms with Gasteiger partial charge in [0, 0.05) is 45.2 Å². The van der Waals surface area contributed by atoms with Gasteiger partial charge in [-0.3, -0.25) is 14.4 Å². The van der Waals surface area contributed by atoms with E-state index in [1.165, 1.54) is 0 Å². The van der Waals surface area contributed by atoms with E-state index in [0.29, 0.717) is 65.1 Å². The lowest BCUT2D eigenvalue weighted by Crippen LogP contribution is -2.53. The highest BCUT2D eigenvalue weighted by Gasteiger charge is 2.36. The molecule has 3 atom stereocenters. The molecule has 0 spiro atoms. The third kappa shape index (κ3) is 6.75. The molecule has 3 aliphatic rings. The molecule has 3 aliphatic heterocycles. The molecule has 1 aromatic rings. The molecule has 8 heteroatoms. The van der Waals surface area contributed by atoms with E-state index in [-0.39, 0.29) is 41.8 Å². The lowest BCUT2D eigenvalue weighted by atomic mass is 9.91. The summed E-state index contributed by atoms with van der Waals surface area (Å²) in [4.78, 5) is 44.6. The van der Waals surface area contributed by atoms with Crippen molar-refractivity contribution >= 4 is 17.7 Å². The second kappa shape index (κ2) is 11.9. The average Bonchev–Trinajstić information content (AvgIpc) is 2.88. The summed E-state index contributed by atoms with van der Waals surface area (Å²) in [6, 6.07) is 9.48. The fraction of sp³-hybridized carbons (Fsp3) is 0.667. The fourth-order valence-corrected chi connectivity index (χ4v) is 5.56. The Bertz CT molecular complexity index is 861. The van der Waals surface area contributed by atoms with Crippen molar-refractivity contribution in [2.24, 2.45) is 11.8 Å².